The first-order chi connectivity index (χ1) is 8.30. The van der Waals surface area contributed by atoms with Crippen molar-refractivity contribution in [1.29, 1.82) is 0 Å². The Morgan fingerprint density at radius 2 is 1.83 bits per heavy atom. The Kier molecular flexibility index (Phi) is 5.64. The number of nitrogens with two attached hydrogens (primary N) is 1. The average Bonchev–Trinajstić information content (AvgIpc) is 2.29. The Hall–Kier alpha value is -0.570. The summed E-state index contributed by atoms with van der Waals surface area (Å²) >= 11 is 0. The molecule has 18 heavy (non-hydrogen) atoms. The van der Waals surface area contributed by atoms with Crippen LogP contribution in [0.15, 0.2) is 0 Å². The van der Waals surface area contributed by atoms with Gasteiger partial charge in [0.15, 0.2) is 0 Å². The van der Waals surface area contributed by atoms with Crippen molar-refractivity contribution in [1.82, 2.24) is 5.32 Å². The Balaban J connectivity index is 2.20. The molecule has 3 heteroatoms. The van der Waals surface area contributed by atoms with Gasteiger partial charge < -0.3 is 11.1 Å². The van der Waals surface area contributed by atoms with Crippen LogP contribution < -0.4 is 11.1 Å². The van der Waals surface area contributed by atoms with E-state index in [2.05, 4.69) is 12.2 Å². The fourth-order valence-electron chi connectivity index (χ4n) is 2.52. The van der Waals surface area contributed by atoms with E-state index < -0.39 is 6.04 Å². The van der Waals surface area contributed by atoms with E-state index in [9.17, 15) is 4.79 Å². The second-order valence-electron chi connectivity index (χ2n) is 7.05. The predicted molar refractivity (Wildman–Crippen MR) is 76.2 cm³/mol. The zero-order chi connectivity index (χ0) is 13.8. The van der Waals surface area contributed by atoms with E-state index in [0.29, 0.717) is 0 Å². The zero-order valence-corrected chi connectivity index (χ0v) is 12.5. The highest BCUT2D eigenvalue weighted by Gasteiger charge is 2.27. The standard InChI is InChI=1S/C15H30N2O/c1-11-5-7-12(8-6-11)9-10-17-14(18)13(16)15(2,3)4/h11-13H,5-10,16H2,1-4H3,(H,17,18)/t11?,12?,13-/m0/s1. The summed E-state index contributed by atoms with van der Waals surface area (Å²) in [5, 5.41) is 2.98. The van der Waals surface area contributed by atoms with E-state index in [1.165, 1.54) is 25.7 Å². The lowest BCUT2D eigenvalue weighted by Gasteiger charge is -2.28. The van der Waals surface area contributed by atoms with Crippen molar-refractivity contribution < 1.29 is 4.79 Å². The maximum absolute atomic E-state index is 11.8. The monoisotopic (exact) mass is 254 g/mol. The largest absolute Gasteiger partial charge is 0.355 e. The van der Waals surface area contributed by atoms with Crippen LogP contribution in [0.2, 0.25) is 0 Å². The van der Waals surface area contributed by atoms with Crippen LogP contribution in [-0.4, -0.2) is 18.5 Å². The number of carbonyl (C=O) groups is 1. The smallest absolute Gasteiger partial charge is 0.237 e. The molecule has 1 aliphatic rings. The molecule has 0 heterocycles. The lowest BCUT2D eigenvalue weighted by Crippen LogP contribution is -2.48. The molecule has 0 aliphatic heterocycles. The number of carbonyl (C=O) groups excluding carboxylic acids is 1. The summed E-state index contributed by atoms with van der Waals surface area (Å²) in [6.45, 7) is 9.11. The molecule has 0 aromatic carbocycles. The third-order valence-corrected chi connectivity index (χ3v) is 4.20. The van der Waals surface area contributed by atoms with E-state index in [-0.39, 0.29) is 11.3 Å². The minimum absolute atomic E-state index is 0.00771. The Labute approximate surface area is 112 Å². The minimum Gasteiger partial charge on any atom is -0.355 e. The molecule has 0 aromatic heterocycles. The maximum atomic E-state index is 11.8. The lowest BCUT2D eigenvalue weighted by molar-refractivity contribution is -0.124. The molecule has 1 atom stereocenters. The van der Waals surface area contributed by atoms with Gasteiger partial charge in [0.2, 0.25) is 5.91 Å². The summed E-state index contributed by atoms with van der Waals surface area (Å²) in [6.07, 6.45) is 6.44. The van der Waals surface area contributed by atoms with Crippen molar-refractivity contribution in [3.8, 4) is 0 Å². The van der Waals surface area contributed by atoms with Gasteiger partial charge in [-0.1, -0.05) is 53.4 Å². The molecule has 0 aromatic rings. The van der Waals surface area contributed by atoms with Crippen LogP contribution in [0.5, 0.6) is 0 Å². The van der Waals surface area contributed by atoms with E-state index in [4.69, 9.17) is 5.73 Å². The molecule has 1 fully saturated rings. The Morgan fingerprint density at radius 1 is 1.28 bits per heavy atom. The van der Waals surface area contributed by atoms with Gasteiger partial charge in [-0.05, 0) is 23.7 Å². The number of nitrogens with one attached hydrogen (secondary N) is 1. The normalized spacial score (nSPS) is 26.7. The summed E-state index contributed by atoms with van der Waals surface area (Å²) in [6, 6.07) is -0.413. The van der Waals surface area contributed by atoms with Gasteiger partial charge >= 0.3 is 0 Å². The fraction of sp³-hybridized carbons (Fsp3) is 0.933. The van der Waals surface area contributed by atoms with Crippen LogP contribution in [0.3, 0.4) is 0 Å². The van der Waals surface area contributed by atoms with Gasteiger partial charge in [0.25, 0.3) is 0 Å². The summed E-state index contributed by atoms with van der Waals surface area (Å²) in [4.78, 5) is 11.8. The molecule has 0 radical (unpaired) electrons. The molecule has 1 rings (SSSR count). The second kappa shape index (κ2) is 6.55. The van der Waals surface area contributed by atoms with Crippen molar-refractivity contribution in [3.63, 3.8) is 0 Å². The maximum Gasteiger partial charge on any atom is 0.237 e. The van der Waals surface area contributed by atoms with E-state index in [0.717, 1.165) is 24.8 Å². The molecule has 0 spiro atoms. The van der Waals surface area contributed by atoms with Crippen molar-refractivity contribution in [3.05, 3.63) is 0 Å². The van der Waals surface area contributed by atoms with Gasteiger partial charge in [-0.3, -0.25) is 4.79 Å². The van der Waals surface area contributed by atoms with E-state index >= 15 is 0 Å². The van der Waals surface area contributed by atoms with Gasteiger partial charge in [0, 0.05) is 6.54 Å². The predicted octanol–water partition coefficient (Wildman–Crippen LogP) is 2.69. The first-order valence-corrected chi connectivity index (χ1v) is 7.34. The van der Waals surface area contributed by atoms with Crippen LogP contribution in [0.25, 0.3) is 0 Å². The first kappa shape index (κ1) is 15.5. The molecule has 3 nitrogen and oxygen atoms in total. The molecule has 0 bridgehead atoms. The Bertz CT molecular complexity index is 262. The lowest BCUT2D eigenvalue weighted by atomic mass is 9.81. The molecule has 1 saturated carbocycles. The number of amides is 1. The molecule has 3 N–H and O–H groups in total. The minimum atomic E-state index is -0.413. The van der Waals surface area contributed by atoms with Crippen LogP contribution in [0.1, 0.15) is 59.8 Å². The van der Waals surface area contributed by atoms with Crippen LogP contribution >= 0.6 is 0 Å². The van der Waals surface area contributed by atoms with Crippen LogP contribution in [-0.2, 0) is 4.79 Å². The Morgan fingerprint density at radius 3 is 2.33 bits per heavy atom. The van der Waals surface area contributed by atoms with Gasteiger partial charge in [0.05, 0.1) is 6.04 Å². The molecule has 106 valence electrons. The number of hydrogen-bond donors (Lipinski definition) is 2. The molecule has 1 amide bonds. The zero-order valence-electron chi connectivity index (χ0n) is 12.5. The molecule has 1 aliphatic carbocycles. The van der Waals surface area contributed by atoms with Crippen molar-refractivity contribution in [2.24, 2.45) is 23.0 Å². The number of rotatable bonds is 4. The molecule has 0 saturated heterocycles. The van der Waals surface area contributed by atoms with Crippen molar-refractivity contribution in [2.45, 2.75) is 65.8 Å². The van der Waals surface area contributed by atoms with Gasteiger partial charge in [-0.15, -0.1) is 0 Å². The third kappa shape index (κ3) is 4.97. The third-order valence-electron chi connectivity index (χ3n) is 4.20. The quantitative estimate of drug-likeness (QED) is 0.810. The molecular weight excluding hydrogens is 224 g/mol. The summed E-state index contributed by atoms with van der Waals surface area (Å²) in [5.41, 5.74) is 5.76. The van der Waals surface area contributed by atoms with Crippen molar-refractivity contribution in [2.75, 3.05) is 6.54 Å². The average molecular weight is 254 g/mol. The SMILES string of the molecule is CC1CCC(CCNC(=O)[C@H](N)C(C)(C)C)CC1. The highest BCUT2D eigenvalue weighted by molar-refractivity contribution is 5.82. The van der Waals surface area contributed by atoms with Gasteiger partial charge in [-0.25, -0.2) is 0 Å². The number of hydrogen-bond acceptors (Lipinski definition) is 2. The topological polar surface area (TPSA) is 55.1 Å². The van der Waals surface area contributed by atoms with E-state index in [1.54, 1.807) is 0 Å². The fourth-order valence-corrected chi connectivity index (χ4v) is 2.52. The van der Waals surface area contributed by atoms with Crippen LogP contribution in [0, 0.1) is 17.3 Å². The summed E-state index contributed by atoms with van der Waals surface area (Å²) < 4.78 is 0. The molecule has 0 unspecified atom stereocenters. The van der Waals surface area contributed by atoms with E-state index in [1.807, 2.05) is 20.8 Å². The van der Waals surface area contributed by atoms with Gasteiger partial charge in [-0.2, -0.15) is 0 Å². The second-order valence-corrected chi connectivity index (χ2v) is 7.05. The first-order valence-electron chi connectivity index (χ1n) is 7.34. The summed E-state index contributed by atoms with van der Waals surface area (Å²) in [5.74, 6) is 1.68. The van der Waals surface area contributed by atoms with Crippen molar-refractivity contribution >= 4 is 5.91 Å². The van der Waals surface area contributed by atoms with Crippen LogP contribution in [0.4, 0.5) is 0 Å². The highest BCUT2D eigenvalue weighted by Crippen LogP contribution is 2.29. The summed E-state index contributed by atoms with van der Waals surface area (Å²) in [7, 11) is 0. The van der Waals surface area contributed by atoms with Gasteiger partial charge in [0.1, 0.15) is 0 Å². The molecular formula is C15H30N2O. The highest BCUT2D eigenvalue weighted by atomic mass is 16.2.